The Balaban J connectivity index is 2.14. The molecule has 0 amide bonds. The number of aliphatic hydroxyl groups excluding tert-OH is 1. The zero-order valence-electron chi connectivity index (χ0n) is 9.91. The van der Waals surface area contributed by atoms with Crippen molar-refractivity contribution in [2.45, 2.75) is 38.9 Å². The molecule has 1 aromatic carbocycles. The van der Waals surface area contributed by atoms with E-state index in [1.807, 2.05) is 13.8 Å². The van der Waals surface area contributed by atoms with Gasteiger partial charge in [-0.1, -0.05) is 13.8 Å². The molecule has 0 radical (unpaired) electrons. The van der Waals surface area contributed by atoms with Crippen LogP contribution in [-0.2, 0) is 0 Å². The summed E-state index contributed by atoms with van der Waals surface area (Å²) in [6, 6.07) is 3.07. The lowest BCUT2D eigenvalue weighted by Gasteiger charge is -2.25. The van der Waals surface area contributed by atoms with E-state index in [1.54, 1.807) is 0 Å². The molecule has 1 fully saturated rings. The van der Waals surface area contributed by atoms with Crippen molar-refractivity contribution in [2.75, 3.05) is 0 Å². The summed E-state index contributed by atoms with van der Waals surface area (Å²) in [6.45, 7) is 3.87. The summed E-state index contributed by atoms with van der Waals surface area (Å²) in [5.41, 5.74) is -0.242. The molecule has 0 spiro atoms. The van der Waals surface area contributed by atoms with Gasteiger partial charge in [0.15, 0.2) is 11.6 Å². The minimum Gasteiger partial charge on any atom is -0.485 e. The molecule has 0 aromatic heterocycles. The molecule has 1 aromatic rings. The second-order valence-electron chi connectivity index (χ2n) is 5.20. The summed E-state index contributed by atoms with van der Waals surface area (Å²) >= 11 is 0. The minimum atomic E-state index is -0.662. The zero-order valence-corrected chi connectivity index (χ0v) is 9.91. The molecule has 2 unspecified atom stereocenters. The number of hydrogen-bond acceptors (Lipinski definition) is 2. The fourth-order valence-electron chi connectivity index (χ4n) is 2.18. The second-order valence-corrected chi connectivity index (χ2v) is 5.20. The van der Waals surface area contributed by atoms with E-state index in [1.165, 1.54) is 0 Å². The molecule has 2 rings (SSSR count). The van der Waals surface area contributed by atoms with Crippen molar-refractivity contribution in [2.24, 2.45) is 5.41 Å². The van der Waals surface area contributed by atoms with Gasteiger partial charge in [-0.2, -0.15) is 0 Å². The van der Waals surface area contributed by atoms with Gasteiger partial charge in [0, 0.05) is 6.07 Å². The molecule has 1 aliphatic carbocycles. The van der Waals surface area contributed by atoms with Crippen LogP contribution in [0.2, 0.25) is 0 Å². The van der Waals surface area contributed by atoms with Crippen LogP contribution >= 0.6 is 0 Å². The molecule has 0 bridgehead atoms. The average Bonchev–Trinajstić information content (AvgIpc) is 2.51. The lowest BCUT2D eigenvalue weighted by Crippen LogP contribution is -2.34. The lowest BCUT2D eigenvalue weighted by molar-refractivity contribution is 0.00340. The molecule has 0 saturated heterocycles. The first-order chi connectivity index (χ1) is 7.90. The van der Waals surface area contributed by atoms with Crippen molar-refractivity contribution in [1.82, 2.24) is 0 Å². The van der Waals surface area contributed by atoms with E-state index in [-0.39, 0.29) is 11.2 Å². The third-order valence-corrected chi connectivity index (χ3v) is 3.40. The molecule has 2 atom stereocenters. The Bertz CT molecular complexity index is 418. The number of aliphatic hydroxyl groups is 1. The van der Waals surface area contributed by atoms with E-state index in [0.29, 0.717) is 6.42 Å². The minimum absolute atomic E-state index is 0.133. The monoisotopic (exact) mass is 242 g/mol. The van der Waals surface area contributed by atoms with Gasteiger partial charge in [-0.05, 0) is 30.4 Å². The zero-order chi connectivity index (χ0) is 12.6. The molecule has 2 nitrogen and oxygen atoms in total. The molecule has 1 saturated carbocycles. The van der Waals surface area contributed by atoms with E-state index in [9.17, 15) is 13.9 Å². The first-order valence-corrected chi connectivity index (χ1v) is 5.70. The van der Waals surface area contributed by atoms with Gasteiger partial charge >= 0.3 is 0 Å². The van der Waals surface area contributed by atoms with Crippen molar-refractivity contribution in [3.63, 3.8) is 0 Å². The first-order valence-electron chi connectivity index (χ1n) is 5.70. The summed E-state index contributed by atoms with van der Waals surface area (Å²) < 4.78 is 31.7. The SMILES string of the molecule is CC1(C)CCC(Oc2cc(F)ccc2F)C1O. The Morgan fingerprint density at radius 3 is 2.65 bits per heavy atom. The average molecular weight is 242 g/mol. The molecule has 4 heteroatoms. The van der Waals surface area contributed by atoms with Crippen molar-refractivity contribution < 1.29 is 18.6 Å². The van der Waals surface area contributed by atoms with Crippen LogP contribution in [0.3, 0.4) is 0 Å². The second kappa shape index (κ2) is 4.26. The van der Waals surface area contributed by atoms with Crippen LogP contribution in [0.15, 0.2) is 18.2 Å². The van der Waals surface area contributed by atoms with Crippen LogP contribution in [0.1, 0.15) is 26.7 Å². The van der Waals surface area contributed by atoms with Crippen LogP contribution in [0.4, 0.5) is 8.78 Å². The summed E-state index contributed by atoms with van der Waals surface area (Å²) in [5.74, 6) is -1.29. The van der Waals surface area contributed by atoms with Crippen LogP contribution in [0.5, 0.6) is 5.75 Å². The summed E-state index contributed by atoms with van der Waals surface area (Å²) in [7, 11) is 0. The summed E-state index contributed by atoms with van der Waals surface area (Å²) in [4.78, 5) is 0. The van der Waals surface area contributed by atoms with Gasteiger partial charge in [0.25, 0.3) is 0 Å². The number of benzene rings is 1. The van der Waals surface area contributed by atoms with Crippen molar-refractivity contribution in [1.29, 1.82) is 0 Å². The van der Waals surface area contributed by atoms with Gasteiger partial charge in [-0.3, -0.25) is 0 Å². The Labute approximate surface area is 99.2 Å². The number of halogens is 2. The standard InChI is InChI=1S/C13H16F2O2/c1-13(2)6-5-10(12(13)16)17-11-7-8(14)3-4-9(11)15/h3-4,7,10,12,16H,5-6H2,1-2H3. The molecular formula is C13H16F2O2. The highest BCUT2D eigenvalue weighted by Gasteiger charge is 2.42. The topological polar surface area (TPSA) is 29.5 Å². The number of hydrogen-bond donors (Lipinski definition) is 1. The van der Waals surface area contributed by atoms with Gasteiger partial charge in [0.1, 0.15) is 11.9 Å². The smallest absolute Gasteiger partial charge is 0.165 e. The predicted molar refractivity (Wildman–Crippen MR) is 59.8 cm³/mol. The highest BCUT2D eigenvalue weighted by Crippen LogP contribution is 2.39. The van der Waals surface area contributed by atoms with E-state index >= 15 is 0 Å². The Hall–Kier alpha value is -1.16. The fourth-order valence-corrected chi connectivity index (χ4v) is 2.18. The number of rotatable bonds is 2. The molecule has 0 aliphatic heterocycles. The van der Waals surface area contributed by atoms with Crippen molar-refractivity contribution >= 4 is 0 Å². The molecule has 94 valence electrons. The van der Waals surface area contributed by atoms with Crippen LogP contribution in [0.25, 0.3) is 0 Å². The highest BCUT2D eigenvalue weighted by molar-refractivity contribution is 5.25. The molecule has 1 N–H and O–H groups in total. The van der Waals surface area contributed by atoms with Gasteiger partial charge in [-0.15, -0.1) is 0 Å². The number of ether oxygens (including phenoxy) is 1. The maximum atomic E-state index is 13.4. The molecule has 0 heterocycles. The first kappa shape index (κ1) is 12.3. The summed E-state index contributed by atoms with van der Waals surface area (Å²) in [6.07, 6.45) is 0.311. The van der Waals surface area contributed by atoms with Gasteiger partial charge in [0.2, 0.25) is 0 Å². The maximum Gasteiger partial charge on any atom is 0.165 e. The van der Waals surface area contributed by atoms with Gasteiger partial charge in [-0.25, -0.2) is 8.78 Å². The lowest BCUT2D eigenvalue weighted by atomic mass is 9.89. The Morgan fingerprint density at radius 2 is 2.06 bits per heavy atom. The van der Waals surface area contributed by atoms with E-state index in [2.05, 4.69) is 0 Å². The highest BCUT2D eigenvalue weighted by atomic mass is 19.1. The van der Waals surface area contributed by atoms with Crippen molar-refractivity contribution in [3.05, 3.63) is 29.8 Å². The van der Waals surface area contributed by atoms with E-state index in [4.69, 9.17) is 4.74 Å². The molecule has 1 aliphatic rings. The third kappa shape index (κ3) is 2.41. The quantitative estimate of drug-likeness (QED) is 0.864. The van der Waals surface area contributed by atoms with Crippen LogP contribution in [0, 0.1) is 17.0 Å². The normalized spacial score (nSPS) is 27.1. The fraction of sp³-hybridized carbons (Fsp3) is 0.538. The van der Waals surface area contributed by atoms with E-state index in [0.717, 1.165) is 24.6 Å². The van der Waals surface area contributed by atoms with Gasteiger partial charge < -0.3 is 9.84 Å². The van der Waals surface area contributed by atoms with Crippen molar-refractivity contribution in [3.8, 4) is 5.75 Å². The molecule has 17 heavy (non-hydrogen) atoms. The Morgan fingerprint density at radius 1 is 1.35 bits per heavy atom. The third-order valence-electron chi connectivity index (χ3n) is 3.40. The van der Waals surface area contributed by atoms with Crippen LogP contribution in [-0.4, -0.2) is 17.3 Å². The molecular weight excluding hydrogens is 226 g/mol. The Kier molecular flexibility index (Phi) is 3.08. The predicted octanol–water partition coefficient (Wildman–Crippen LogP) is 2.89. The maximum absolute atomic E-state index is 13.4. The van der Waals surface area contributed by atoms with Gasteiger partial charge in [0.05, 0.1) is 6.10 Å². The van der Waals surface area contributed by atoms with E-state index < -0.39 is 23.8 Å². The largest absolute Gasteiger partial charge is 0.485 e. The van der Waals surface area contributed by atoms with Crippen LogP contribution < -0.4 is 4.74 Å². The summed E-state index contributed by atoms with van der Waals surface area (Å²) in [5, 5.41) is 10.00.